The highest BCUT2D eigenvalue weighted by atomic mass is 32.2. The molecule has 1 aliphatic rings. The number of rotatable bonds is 6. The van der Waals surface area contributed by atoms with Crippen molar-refractivity contribution in [2.75, 3.05) is 18.6 Å². The molecule has 1 aliphatic heterocycles. The summed E-state index contributed by atoms with van der Waals surface area (Å²) in [5.41, 5.74) is 0.583. The van der Waals surface area contributed by atoms with E-state index in [0.717, 1.165) is 0 Å². The van der Waals surface area contributed by atoms with Gasteiger partial charge in [-0.15, -0.1) is 0 Å². The van der Waals surface area contributed by atoms with E-state index >= 15 is 0 Å². The molecule has 8 nitrogen and oxygen atoms in total. The van der Waals surface area contributed by atoms with E-state index in [0.29, 0.717) is 12.0 Å². The maximum atomic E-state index is 12.5. The second kappa shape index (κ2) is 9.01. The summed E-state index contributed by atoms with van der Waals surface area (Å²) in [5, 5.41) is 2.41. The molecule has 9 heteroatoms. The first-order valence-electron chi connectivity index (χ1n) is 8.81. The van der Waals surface area contributed by atoms with Gasteiger partial charge < -0.3 is 15.0 Å². The zero-order valence-electron chi connectivity index (χ0n) is 16.0. The molecule has 152 valence electrons. The van der Waals surface area contributed by atoms with E-state index < -0.39 is 39.8 Å². The third kappa shape index (κ3) is 5.91. The molecule has 2 atom stereocenters. The highest BCUT2D eigenvalue weighted by molar-refractivity contribution is 7.91. The summed E-state index contributed by atoms with van der Waals surface area (Å²) in [4.78, 5) is 37.7. The maximum absolute atomic E-state index is 12.5. The summed E-state index contributed by atoms with van der Waals surface area (Å²) < 4.78 is 28.4. The molecule has 0 aromatic heterocycles. The van der Waals surface area contributed by atoms with Gasteiger partial charge in [-0.05, 0) is 25.0 Å². The number of carbonyl (C=O) groups excluding carboxylic acids is 3. The van der Waals surface area contributed by atoms with E-state index in [1.165, 1.54) is 31.9 Å². The van der Waals surface area contributed by atoms with Crippen molar-refractivity contribution in [1.29, 1.82) is 0 Å². The van der Waals surface area contributed by atoms with Gasteiger partial charge in [-0.1, -0.05) is 30.3 Å². The van der Waals surface area contributed by atoms with Crippen LogP contribution in [0.5, 0.6) is 0 Å². The van der Waals surface area contributed by atoms with Gasteiger partial charge in [-0.25, -0.2) is 13.2 Å². The summed E-state index contributed by atoms with van der Waals surface area (Å²) in [6.07, 6.45) is 0.679. The molecule has 1 aromatic rings. The van der Waals surface area contributed by atoms with Gasteiger partial charge in [-0.2, -0.15) is 0 Å². The fourth-order valence-corrected chi connectivity index (χ4v) is 4.65. The van der Waals surface area contributed by atoms with Crippen LogP contribution in [-0.2, 0) is 29.0 Å². The number of esters is 1. The number of nitrogens with one attached hydrogen (secondary N) is 1. The molecule has 0 aliphatic carbocycles. The smallest absolute Gasteiger partial charge is 0.355 e. The number of nitrogens with zero attached hydrogens (tertiary/aromatic N) is 1. The molecule has 1 saturated heterocycles. The number of benzene rings is 1. The van der Waals surface area contributed by atoms with Gasteiger partial charge in [0.25, 0.3) is 5.91 Å². The minimum absolute atomic E-state index is 0.0376. The predicted molar refractivity (Wildman–Crippen MR) is 104 cm³/mol. The van der Waals surface area contributed by atoms with Gasteiger partial charge in [0.2, 0.25) is 5.91 Å². The third-order valence-corrected chi connectivity index (χ3v) is 6.13. The van der Waals surface area contributed by atoms with Crippen molar-refractivity contribution in [3.05, 3.63) is 41.6 Å². The van der Waals surface area contributed by atoms with Crippen LogP contribution >= 0.6 is 0 Å². The van der Waals surface area contributed by atoms with Crippen LogP contribution in [0.1, 0.15) is 25.8 Å². The van der Waals surface area contributed by atoms with Crippen molar-refractivity contribution in [2.45, 2.75) is 32.4 Å². The Labute approximate surface area is 164 Å². The van der Waals surface area contributed by atoms with Crippen molar-refractivity contribution >= 4 is 33.7 Å². The zero-order valence-corrected chi connectivity index (χ0v) is 16.9. The lowest BCUT2D eigenvalue weighted by molar-refractivity contribution is -0.156. The highest BCUT2D eigenvalue weighted by Crippen LogP contribution is 2.18. The van der Waals surface area contributed by atoms with Gasteiger partial charge in [0.1, 0.15) is 5.70 Å². The number of likely N-dealkylation sites (N-methyl/N-ethyl adjacent to an activating group) is 1. The van der Waals surface area contributed by atoms with E-state index in [9.17, 15) is 22.8 Å². The average molecular weight is 408 g/mol. The van der Waals surface area contributed by atoms with Crippen molar-refractivity contribution in [1.82, 2.24) is 10.2 Å². The summed E-state index contributed by atoms with van der Waals surface area (Å²) >= 11 is 0. The molecule has 0 bridgehead atoms. The highest BCUT2D eigenvalue weighted by Gasteiger charge is 2.35. The summed E-state index contributed by atoms with van der Waals surface area (Å²) in [6.45, 7) is 2.67. The van der Waals surface area contributed by atoms with Gasteiger partial charge in [0.05, 0.1) is 11.5 Å². The number of ether oxygens (including phenoxy) is 1. The largest absolute Gasteiger partial charge is 0.448 e. The molecule has 2 amide bonds. The number of amides is 2. The normalized spacial score (nSPS) is 19.5. The van der Waals surface area contributed by atoms with Crippen LogP contribution in [0, 0.1) is 0 Å². The Morgan fingerprint density at radius 2 is 1.89 bits per heavy atom. The summed E-state index contributed by atoms with van der Waals surface area (Å²) in [5.74, 6) is -1.87. The second-order valence-corrected chi connectivity index (χ2v) is 8.93. The topological polar surface area (TPSA) is 110 Å². The number of hydrogen-bond donors (Lipinski definition) is 1. The molecule has 28 heavy (non-hydrogen) atoms. The number of sulfone groups is 1. The van der Waals surface area contributed by atoms with Crippen LogP contribution in [-0.4, -0.2) is 61.8 Å². The van der Waals surface area contributed by atoms with Crippen molar-refractivity contribution in [3.63, 3.8) is 0 Å². The van der Waals surface area contributed by atoms with E-state index in [1.807, 2.05) is 6.07 Å². The SMILES string of the molecule is CC(=O)N/C(=C\c1ccccc1)C(=O)O[C@@H](C)C(=O)N(C)[C@@H]1CCS(=O)(=O)C1. The minimum atomic E-state index is -3.14. The van der Waals surface area contributed by atoms with Gasteiger partial charge >= 0.3 is 5.97 Å². The number of carbonyl (C=O) groups is 3. The Bertz CT molecular complexity index is 879. The van der Waals surface area contributed by atoms with E-state index in [-0.39, 0.29) is 17.2 Å². The Morgan fingerprint density at radius 3 is 2.43 bits per heavy atom. The first-order chi connectivity index (χ1) is 13.1. The molecule has 0 saturated carbocycles. The molecule has 1 aromatic carbocycles. The van der Waals surface area contributed by atoms with Gasteiger partial charge in [-0.3, -0.25) is 9.59 Å². The van der Waals surface area contributed by atoms with E-state index in [2.05, 4.69) is 5.32 Å². The van der Waals surface area contributed by atoms with Crippen LogP contribution in [0.3, 0.4) is 0 Å². The molecule has 2 rings (SSSR count). The fourth-order valence-electron chi connectivity index (χ4n) is 2.87. The molecule has 1 heterocycles. The maximum Gasteiger partial charge on any atom is 0.355 e. The predicted octanol–water partition coefficient (Wildman–Crippen LogP) is 0.741. The molecule has 0 spiro atoms. The van der Waals surface area contributed by atoms with Crippen molar-refractivity contribution < 1.29 is 27.5 Å². The Morgan fingerprint density at radius 1 is 1.25 bits per heavy atom. The summed E-state index contributed by atoms with van der Waals surface area (Å²) in [6, 6.07) is 8.43. The lowest BCUT2D eigenvalue weighted by Gasteiger charge is -2.26. The van der Waals surface area contributed by atoms with Crippen molar-refractivity contribution in [3.8, 4) is 0 Å². The Balaban J connectivity index is 2.08. The van der Waals surface area contributed by atoms with E-state index in [1.54, 1.807) is 24.3 Å². The van der Waals surface area contributed by atoms with Gasteiger partial charge in [0, 0.05) is 20.0 Å². The standard InChI is InChI=1S/C19H24N2O6S/c1-13(18(23)21(3)16-9-10-28(25,26)12-16)27-19(24)17(20-14(2)22)11-15-7-5-4-6-8-15/h4-8,11,13,16H,9-10,12H2,1-3H3,(H,20,22)/b17-11-/t13-,16+/m0/s1. The quantitative estimate of drug-likeness (QED) is 0.549. The first kappa shape index (κ1) is 21.6. The van der Waals surface area contributed by atoms with Crippen LogP contribution in [0.25, 0.3) is 6.08 Å². The molecular formula is C19H24N2O6S. The zero-order chi connectivity index (χ0) is 20.9. The van der Waals surface area contributed by atoms with Crippen LogP contribution in [0.15, 0.2) is 36.0 Å². The lowest BCUT2D eigenvalue weighted by Crippen LogP contribution is -2.44. The molecular weight excluding hydrogens is 384 g/mol. The molecule has 0 radical (unpaired) electrons. The van der Waals surface area contributed by atoms with Crippen LogP contribution in [0.4, 0.5) is 0 Å². The Kier molecular flexibility index (Phi) is 6.95. The average Bonchev–Trinajstić information content (AvgIpc) is 3.00. The first-order valence-corrected chi connectivity index (χ1v) is 10.6. The lowest BCUT2D eigenvalue weighted by atomic mass is 10.2. The Hall–Kier alpha value is -2.68. The van der Waals surface area contributed by atoms with Crippen molar-refractivity contribution in [2.24, 2.45) is 0 Å². The minimum Gasteiger partial charge on any atom is -0.448 e. The molecule has 1 N–H and O–H groups in total. The van der Waals surface area contributed by atoms with E-state index in [4.69, 9.17) is 4.74 Å². The molecule has 0 unspecified atom stereocenters. The van der Waals surface area contributed by atoms with Crippen LogP contribution < -0.4 is 5.32 Å². The summed E-state index contributed by atoms with van der Waals surface area (Å²) in [7, 11) is -1.65. The fraction of sp³-hybridized carbons (Fsp3) is 0.421. The second-order valence-electron chi connectivity index (χ2n) is 6.70. The van der Waals surface area contributed by atoms with Crippen LogP contribution in [0.2, 0.25) is 0 Å². The third-order valence-electron chi connectivity index (χ3n) is 4.38. The van der Waals surface area contributed by atoms with Gasteiger partial charge in [0.15, 0.2) is 15.9 Å². The molecule has 1 fully saturated rings. The monoisotopic (exact) mass is 408 g/mol. The number of hydrogen-bond acceptors (Lipinski definition) is 6.